The van der Waals surface area contributed by atoms with Gasteiger partial charge >= 0.3 is 5.97 Å². The molecule has 1 aromatic carbocycles. The second-order valence-electron chi connectivity index (χ2n) is 5.11. The van der Waals surface area contributed by atoms with Crippen LogP contribution >= 0.6 is 0 Å². The Morgan fingerprint density at radius 2 is 2.00 bits per heavy atom. The molecule has 1 fully saturated rings. The standard InChI is InChI=1S/C16H15NO4/c18-14-9-13(16(19)20)15(11-5-2-1-3-6-11)17(14)10-12-7-4-8-21-12/h1-8,13,15H,9-10H2,(H,19,20)/t13-,15-/m1/s1. The van der Waals surface area contributed by atoms with Crippen LogP contribution in [0.15, 0.2) is 53.1 Å². The number of furan rings is 1. The number of carboxylic acids is 1. The zero-order valence-corrected chi connectivity index (χ0v) is 11.3. The van der Waals surface area contributed by atoms with Gasteiger partial charge in [-0.2, -0.15) is 0 Å². The van der Waals surface area contributed by atoms with Crippen LogP contribution in [0.3, 0.4) is 0 Å². The van der Waals surface area contributed by atoms with Gasteiger partial charge in [-0.1, -0.05) is 30.3 Å². The molecular weight excluding hydrogens is 270 g/mol. The van der Waals surface area contributed by atoms with E-state index in [0.717, 1.165) is 5.56 Å². The molecular formula is C16H15NO4. The van der Waals surface area contributed by atoms with Gasteiger partial charge in [0.05, 0.1) is 24.8 Å². The molecule has 5 nitrogen and oxygen atoms in total. The maximum atomic E-state index is 12.2. The smallest absolute Gasteiger partial charge is 0.309 e. The summed E-state index contributed by atoms with van der Waals surface area (Å²) in [7, 11) is 0. The molecule has 0 spiro atoms. The molecule has 1 aliphatic heterocycles. The first-order valence-corrected chi connectivity index (χ1v) is 6.76. The van der Waals surface area contributed by atoms with Gasteiger partial charge in [0, 0.05) is 6.42 Å². The maximum absolute atomic E-state index is 12.2. The van der Waals surface area contributed by atoms with E-state index < -0.39 is 17.9 Å². The summed E-state index contributed by atoms with van der Waals surface area (Å²) in [6.45, 7) is 0.287. The van der Waals surface area contributed by atoms with E-state index >= 15 is 0 Å². The molecule has 1 saturated heterocycles. The van der Waals surface area contributed by atoms with E-state index in [9.17, 15) is 14.7 Å². The Morgan fingerprint density at radius 1 is 1.24 bits per heavy atom. The van der Waals surface area contributed by atoms with Crippen LogP contribution < -0.4 is 0 Å². The number of hydrogen-bond acceptors (Lipinski definition) is 3. The second kappa shape index (κ2) is 5.44. The molecule has 0 saturated carbocycles. The van der Waals surface area contributed by atoms with Gasteiger partial charge in [-0.15, -0.1) is 0 Å². The molecule has 0 unspecified atom stereocenters. The average molecular weight is 285 g/mol. The molecule has 0 bridgehead atoms. The zero-order valence-electron chi connectivity index (χ0n) is 11.3. The number of amides is 1. The van der Waals surface area contributed by atoms with E-state index in [1.807, 2.05) is 30.3 Å². The Hall–Kier alpha value is -2.56. The Morgan fingerprint density at radius 3 is 2.62 bits per heavy atom. The van der Waals surface area contributed by atoms with Crippen molar-refractivity contribution < 1.29 is 19.1 Å². The Labute approximate surface area is 121 Å². The largest absolute Gasteiger partial charge is 0.481 e. The lowest BCUT2D eigenvalue weighted by Gasteiger charge is -2.26. The molecule has 1 aromatic heterocycles. The number of carboxylic acid groups (broad SMARTS) is 1. The molecule has 3 rings (SSSR count). The molecule has 1 N–H and O–H groups in total. The lowest BCUT2D eigenvalue weighted by molar-refractivity contribution is -0.142. The Balaban J connectivity index is 1.95. The van der Waals surface area contributed by atoms with Crippen molar-refractivity contribution >= 4 is 11.9 Å². The molecule has 21 heavy (non-hydrogen) atoms. The van der Waals surface area contributed by atoms with Gasteiger partial charge in [0.15, 0.2) is 0 Å². The molecule has 5 heteroatoms. The minimum Gasteiger partial charge on any atom is -0.481 e. The van der Waals surface area contributed by atoms with Gasteiger partial charge in [0.25, 0.3) is 0 Å². The molecule has 0 aliphatic carbocycles. The minimum atomic E-state index is -0.945. The van der Waals surface area contributed by atoms with Gasteiger partial charge in [-0.25, -0.2) is 0 Å². The van der Waals surface area contributed by atoms with Crippen molar-refractivity contribution in [1.82, 2.24) is 4.90 Å². The SMILES string of the molecule is O=C(O)[C@@H]1CC(=O)N(Cc2ccco2)[C@@H]1c1ccccc1. The number of hydrogen-bond donors (Lipinski definition) is 1. The van der Waals surface area contributed by atoms with Gasteiger partial charge in [-0.05, 0) is 17.7 Å². The van der Waals surface area contributed by atoms with Gasteiger partial charge in [0.1, 0.15) is 5.76 Å². The number of benzene rings is 1. The van der Waals surface area contributed by atoms with E-state index in [1.165, 1.54) is 0 Å². The van der Waals surface area contributed by atoms with Crippen LogP contribution in [0.5, 0.6) is 0 Å². The van der Waals surface area contributed by atoms with E-state index in [-0.39, 0.29) is 18.9 Å². The highest BCUT2D eigenvalue weighted by molar-refractivity contribution is 5.87. The van der Waals surface area contributed by atoms with Crippen LogP contribution in [-0.2, 0) is 16.1 Å². The van der Waals surface area contributed by atoms with Gasteiger partial charge in [0.2, 0.25) is 5.91 Å². The highest BCUT2D eigenvalue weighted by Crippen LogP contribution is 2.39. The van der Waals surface area contributed by atoms with Crippen molar-refractivity contribution in [3.8, 4) is 0 Å². The van der Waals surface area contributed by atoms with E-state index in [1.54, 1.807) is 23.3 Å². The molecule has 108 valence electrons. The Kier molecular flexibility index (Phi) is 3.48. The number of carbonyl (C=O) groups excluding carboxylic acids is 1. The monoisotopic (exact) mass is 285 g/mol. The highest BCUT2D eigenvalue weighted by atomic mass is 16.4. The van der Waals surface area contributed by atoms with Crippen LogP contribution in [0.25, 0.3) is 0 Å². The predicted molar refractivity (Wildman–Crippen MR) is 74.2 cm³/mol. The molecule has 2 heterocycles. The van der Waals surface area contributed by atoms with Crippen molar-refractivity contribution in [3.63, 3.8) is 0 Å². The van der Waals surface area contributed by atoms with E-state index in [0.29, 0.717) is 5.76 Å². The molecule has 1 amide bonds. The number of likely N-dealkylation sites (tertiary alicyclic amines) is 1. The maximum Gasteiger partial charge on any atom is 0.309 e. The summed E-state index contributed by atoms with van der Waals surface area (Å²) in [6, 6.07) is 12.4. The number of carbonyl (C=O) groups is 2. The number of nitrogens with zero attached hydrogens (tertiary/aromatic N) is 1. The summed E-state index contributed by atoms with van der Waals surface area (Å²) < 4.78 is 5.28. The van der Waals surface area contributed by atoms with Crippen molar-refractivity contribution in [2.24, 2.45) is 5.92 Å². The lowest BCUT2D eigenvalue weighted by Crippen LogP contribution is -2.30. The quantitative estimate of drug-likeness (QED) is 0.936. The van der Waals surface area contributed by atoms with Crippen LogP contribution in [0.4, 0.5) is 0 Å². The average Bonchev–Trinajstić information content (AvgIpc) is 3.09. The van der Waals surface area contributed by atoms with Crippen molar-refractivity contribution in [1.29, 1.82) is 0 Å². The highest BCUT2D eigenvalue weighted by Gasteiger charge is 2.44. The summed E-state index contributed by atoms with van der Waals surface area (Å²) in [5.74, 6) is -1.18. The lowest BCUT2D eigenvalue weighted by atomic mass is 9.94. The summed E-state index contributed by atoms with van der Waals surface area (Å²) in [4.78, 5) is 25.3. The van der Waals surface area contributed by atoms with E-state index in [4.69, 9.17) is 4.42 Å². The number of rotatable bonds is 4. The first-order chi connectivity index (χ1) is 10.2. The van der Waals surface area contributed by atoms with Crippen molar-refractivity contribution in [2.45, 2.75) is 19.0 Å². The van der Waals surface area contributed by atoms with Crippen LogP contribution in [0.1, 0.15) is 23.8 Å². The summed E-state index contributed by atoms with van der Waals surface area (Å²) in [5.41, 5.74) is 0.835. The minimum absolute atomic E-state index is 0.0234. The summed E-state index contributed by atoms with van der Waals surface area (Å²) in [6.07, 6.45) is 1.57. The first kappa shape index (κ1) is 13.4. The Bertz CT molecular complexity index is 636. The van der Waals surface area contributed by atoms with Crippen LogP contribution in [0.2, 0.25) is 0 Å². The second-order valence-corrected chi connectivity index (χ2v) is 5.11. The fraction of sp³-hybridized carbons (Fsp3) is 0.250. The topological polar surface area (TPSA) is 70.8 Å². The molecule has 2 aromatic rings. The van der Waals surface area contributed by atoms with Crippen LogP contribution in [0, 0.1) is 5.92 Å². The summed E-state index contributed by atoms with van der Waals surface area (Å²) in [5, 5.41) is 9.40. The summed E-state index contributed by atoms with van der Waals surface area (Å²) >= 11 is 0. The third kappa shape index (κ3) is 2.54. The first-order valence-electron chi connectivity index (χ1n) is 6.76. The third-order valence-electron chi connectivity index (χ3n) is 3.80. The van der Waals surface area contributed by atoms with Gasteiger partial charge in [-0.3, -0.25) is 9.59 Å². The fourth-order valence-corrected chi connectivity index (χ4v) is 2.83. The molecule has 2 atom stereocenters. The normalized spacial score (nSPS) is 21.7. The molecule has 1 aliphatic rings. The van der Waals surface area contributed by atoms with Gasteiger partial charge < -0.3 is 14.4 Å². The van der Waals surface area contributed by atoms with Crippen molar-refractivity contribution in [3.05, 3.63) is 60.1 Å². The fourth-order valence-electron chi connectivity index (χ4n) is 2.83. The zero-order chi connectivity index (χ0) is 14.8. The van der Waals surface area contributed by atoms with Crippen LogP contribution in [-0.4, -0.2) is 21.9 Å². The molecule has 0 radical (unpaired) electrons. The van der Waals surface area contributed by atoms with E-state index in [2.05, 4.69) is 0 Å². The number of aliphatic carboxylic acids is 1. The predicted octanol–water partition coefficient (Wildman–Crippen LogP) is 2.45. The third-order valence-corrected chi connectivity index (χ3v) is 3.80. The van der Waals surface area contributed by atoms with Crippen molar-refractivity contribution in [2.75, 3.05) is 0 Å².